The van der Waals surface area contributed by atoms with Crippen molar-refractivity contribution in [2.24, 2.45) is 11.3 Å². The third-order valence-corrected chi connectivity index (χ3v) is 4.49. The van der Waals surface area contributed by atoms with Gasteiger partial charge in [-0.05, 0) is 43.9 Å². The van der Waals surface area contributed by atoms with Gasteiger partial charge in [0.15, 0.2) is 0 Å². The summed E-state index contributed by atoms with van der Waals surface area (Å²) in [7, 11) is 0. The van der Waals surface area contributed by atoms with E-state index < -0.39 is 0 Å². The SMILES string of the molecule is CCc1nc(N)c(C)c(NCC2(C3CC3)CC2)n1. The number of nitrogens with one attached hydrogen (secondary N) is 1. The molecule has 4 heteroatoms. The number of hydrogen-bond acceptors (Lipinski definition) is 4. The Morgan fingerprint density at radius 2 is 2.06 bits per heavy atom. The highest BCUT2D eigenvalue weighted by atomic mass is 15.1. The van der Waals surface area contributed by atoms with Gasteiger partial charge in [0.25, 0.3) is 0 Å². The Morgan fingerprint density at radius 3 is 2.61 bits per heavy atom. The number of nitrogen functional groups attached to an aromatic ring is 1. The topological polar surface area (TPSA) is 63.8 Å². The predicted octanol–water partition coefficient (Wildman–Crippen LogP) is 2.53. The zero-order chi connectivity index (χ0) is 12.8. The number of hydrogen-bond donors (Lipinski definition) is 2. The van der Waals surface area contributed by atoms with Crippen LogP contribution in [0.2, 0.25) is 0 Å². The summed E-state index contributed by atoms with van der Waals surface area (Å²) in [4.78, 5) is 8.85. The van der Waals surface area contributed by atoms with Crippen molar-refractivity contribution in [1.29, 1.82) is 0 Å². The van der Waals surface area contributed by atoms with Crippen LogP contribution in [-0.2, 0) is 6.42 Å². The Hall–Kier alpha value is -1.32. The molecule has 1 heterocycles. The molecule has 18 heavy (non-hydrogen) atoms. The quantitative estimate of drug-likeness (QED) is 0.838. The summed E-state index contributed by atoms with van der Waals surface area (Å²) >= 11 is 0. The summed E-state index contributed by atoms with van der Waals surface area (Å²) in [5.41, 5.74) is 7.50. The monoisotopic (exact) mass is 246 g/mol. The molecule has 0 saturated heterocycles. The fourth-order valence-electron chi connectivity index (χ4n) is 2.76. The maximum absolute atomic E-state index is 5.93. The maximum atomic E-state index is 5.93. The van der Waals surface area contributed by atoms with Crippen molar-refractivity contribution in [2.75, 3.05) is 17.6 Å². The van der Waals surface area contributed by atoms with Crippen molar-refractivity contribution in [3.05, 3.63) is 11.4 Å². The molecular weight excluding hydrogens is 224 g/mol. The average molecular weight is 246 g/mol. The first-order valence-electron chi connectivity index (χ1n) is 7.01. The van der Waals surface area contributed by atoms with Crippen molar-refractivity contribution < 1.29 is 0 Å². The van der Waals surface area contributed by atoms with E-state index in [2.05, 4.69) is 22.2 Å². The van der Waals surface area contributed by atoms with E-state index in [0.717, 1.165) is 36.1 Å². The largest absolute Gasteiger partial charge is 0.383 e. The summed E-state index contributed by atoms with van der Waals surface area (Å²) in [5, 5.41) is 3.52. The minimum absolute atomic E-state index is 0.582. The van der Waals surface area contributed by atoms with Crippen molar-refractivity contribution in [2.45, 2.75) is 46.0 Å². The lowest BCUT2D eigenvalue weighted by Gasteiger charge is -2.17. The van der Waals surface area contributed by atoms with E-state index in [0.29, 0.717) is 11.2 Å². The van der Waals surface area contributed by atoms with Crippen LogP contribution in [0.3, 0.4) is 0 Å². The molecule has 0 amide bonds. The first-order valence-corrected chi connectivity index (χ1v) is 7.01. The molecule has 1 aromatic heterocycles. The molecule has 0 aromatic carbocycles. The normalized spacial score (nSPS) is 20.8. The fraction of sp³-hybridized carbons (Fsp3) is 0.714. The maximum Gasteiger partial charge on any atom is 0.134 e. The minimum atomic E-state index is 0.582. The lowest BCUT2D eigenvalue weighted by Crippen LogP contribution is -2.19. The Labute approximate surface area is 108 Å². The lowest BCUT2D eigenvalue weighted by molar-refractivity contribution is 0.466. The number of aromatic nitrogens is 2. The molecule has 2 saturated carbocycles. The summed E-state index contributed by atoms with van der Waals surface area (Å²) in [6, 6.07) is 0. The molecule has 2 aliphatic rings. The van der Waals surface area contributed by atoms with Crippen LogP contribution in [0.1, 0.15) is 44.0 Å². The van der Waals surface area contributed by atoms with Crippen LogP contribution in [0, 0.1) is 18.3 Å². The summed E-state index contributed by atoms with van der Waals surface area (Å²) in [6.07, 6.45) is 6.43. The Bertz CT molecular complexity index is 461. The Morgan fingerprint density at radius 1 is 1.33 bits per heavy atom. The van der Waals surface area contributed by atoms with Crippen LogP contribution in [0.15, 0.2) is 0 Å². The highest BCUT2D eigenvalue weighted by Crippen LogP contribution is 2.61. The van der Waals surface area contributed by atoms with Gasteiger partial charge in [0.2, 0.25) is 0 Å². The van der Waals surface area contributed by atoms with E-state index in [4.69, 9.17) is 5.73 Å². The van der Waals surface area contributed by atoms with Gasteiger partial charge >= 0.3 is 0 Å². The van der Waals surface area contributed by atoms with Gasteiger partial charge in [0.1, 0.15) is 17.5 Å². The summed E-state index contributed by atoms with van der Waals surface area (Å²) in [5.74, 6) is 3.35. The molecule has 1 aromatic rings. The molecule has 0 atom stereocenters. The molecule has 0 radical (unpaired) electrons. The van der Waals surface area contributed by atoms with Crippen molar-refractivity contribution in [1.82, 2.24) is 9.97 Å². The first-order chi connectivity index (χ1) is 8.64. The van der Waals surface area contributed by atoms with E-state index in [9.17, 15) is 0 Å². The zero-order valence-corrected chi connectivity index (χ0v) is 11.3. The molecule has 3 rings (SSSR count). The molecule has 0 unspecified atom stereocenters. The molecule has 98 valence electrons. The van der Waals surface area contributed by atoms with Crippen LogP contribution in [0.4, 0.5) is 11.6 Å². The fourth-order valence-corrected chi connectivity index (χ4v) is 2.76. The van der Waals surface area contributed by atoms with Crippen LogP contribution in [0.25, 0.3) is 0 Å². The molecular formula is C14H22N4. The predicted molar refractivity (Wildman–Crippen MR) is 73.4 cm³/mol. The molecule has 0 bridgehead atoms. The molecule has 0 aliphatic heterocycles. The zero-order valence-electron chi connectivity index (χ0n) is 11.3. The van der Waals surface area contributed by atoms with Gasteiger partial charge in [-0.25, -0.2) is 9.97 Å². The smallest absolute Gasteiger partial charge is 0.134 e. The van der Waals surface area contributed by atoms with Gasteiger partial charge < -0.3 is 11.1 Å². The Balaban J connectivity index is 1.73. The van der Waals surface area contributed by atoms with Crippen molar-refractivity contribution in [3.63, 3.8) is 0 Å². The number of aryl methyl sites for hydroxylation is 1. The van der Waals surface area contributed by atoms with Crippen LogP contribution >= 0.6 is 0 Å². The van der Waals surface area contributed by atoms with Crippen LogP contribution in [-0.4, -0.2) is 16.5 Å². The molecule has 2 aliphatic carbocycles. The van der Waals surface area contributed by atoms with Crippen LogP contribution in [0.5, 0.6) is 0 Å². The summed E-state index contributed by atoms with van der Waals surface area (Å²) in [6.45, 7) is 5.10. The van der Waals surface area contributed by atoms with Gasteiger partial charge in [0.05, 0.1) is 0 Å². The second kappa shape index (κ2) is 4.11. The van der Waals surface area contributed by atoms with Gasteiger partial charge in [-0.2, -0.15) is 0 Å². The lowest BCUT2D eigenvalue weighted by atomic mass is 10.0. The molecule has 2 fully saturated rings. The number of rotatable bonds is 5. The first kappa shape index (κ1) is 11.8. The highest BCUT2D eigenvalue weighted by Gasteiger charge is 2.53. The standard InChI is InChI=1S/C14H22N4/c1-3-11-17-12(15)9(2)13(18-11)16-8-14(6-7-14)10-4-5-10/h10H,3-8H2,1-2H3,(H3,15,16,17,18). The third-order valence-electron chi connectivity index (χ3n) is 4.49. The Kier molecular flexibility index (Phi) is 2.68. The van der Waals surface area contributed by atoms with Gasteiger partial charge in [-0.15, -0.1) is 0 Å². The number of nitrogens with two attached hydrogens (primary N) is 1. The van der Waals surface area contributed by atoms with Crippen molar-refractivity contribution in [3.8, 4) is 0 Å². The molecule has 3 N–H and O–H groups in total. The summed E-state index contributed by atoms with van der Waals surface area (Å²) < 4.78 is 0. The van der Waals surface area contributed by atoms with E-state index >= 15 is 0 Å². The highest BCUT2D eigenvalue weighted by molar-refractivity contribution is 5.55. The van der Waals surface area contributed by atoms with Crippen LogP contribution < -0.4 is 11.1 Å². The van der Waals surface area contributed by atoms with Gasteiger partial charge in [0, 0.05) is 18.5 Å². The van der Waals surface area contributed by atoms with Gasteiger partial charge in [-0.3, -0.25) is 0 Å². The third kappa shape index (κ3) is 2.04. The van der Waals surface area contributed by atoms with Crippen molar-refractivity contribution >= 4 is 11.6 Å². The van der Waals surface area contributed by atoms with E-state index in [1.807, 2.05) is 6.92 Å². The number of nitrogens with zero attached hydrogens (tertiary/aromatic N) is 2. The minimum Gasteiger partial charge on any atom is -0.383 e. The van der Waals surface area contributed by atoms with E-state index in [-0.39, 0.29) is 0 Å². The number of anilines is 2. The molecule has 0 spiro atoms. The van der Waals surface area contributed by atoms with Gasteiger partial charge in [-0.1, -0.05) is 6.92 Å². The average Bonchev–Trinajstić information content (AvgIpc) is 3.23. The second-order valence-electron chi connectivity index (χ2n) is 5.84. The second-order valence-corrected chi connectivity index (χ2v) is 5.84. The van der Waals surface area contributed by atoms with E-state index in [1.54, 1.807) is 0 Å². The molecule has 4 nitrogen and oxygen atoms in total. The van der Waals surface area contributed by atoms with E-state index in [1.165, 1.54) is 25.7 Å².